The summed E-state index contributed by atoms with van der Waals surface area (Å²) in [5, 5.41) is 6.91. The van der Waals surface area contributed by atoms with E-state index in [9.17, 15) is 9.59 Å². The van der Waals surface area contributed by atoms with E-state index in [0.29, 0.717) is 22.2 Å². The van der Waals surface area contributed by atoms with Gasteiger partial charge in [0, 0.05) is 34.5 Å². The third-order valence-corrected chi connectivity index (χ3v) is 5.63. The van der Waals surface area contributed by atoms with Gasteiger partial charge >= 0.3 is 0 Å². The minimum Gasteiger partial charge on any atom is -0.325 e. The Bertz CT molecular complexity index is 1140. The number of thiazole rings is 1. The Balaban J connectivity index is 1.40. The smallest absolute Gasteiger partial charge is 0.258 e. The molecule has 0 bridgehead atoms. The second-order valence-corrected chi connectivity index (χ2v) is 7.57. The Morgan fingerprint density at radius 3 is 2.96 bits per heavy atom. The van der Waals surface area contributed by atoms with Crippen LogP contribution in [0.25, 0.3) is 15.7 Å². The van der Waals surface area contributed by atoms with Gasteiger partial charge in [-0.1, -0.05) is 36.4 Å². The number of hydrogen-bond acceptors (Lipinski definition) is 5. The van der Waals surface area contributed by atoms with Gasteiger partial charge in [-0.25, -0.2) is 4.98 Å². The summed E-state index contributed by atoms with van der Waals surface area (Å²) >= 11 is 2.86. The number of rotatable bonds is 5. The number of carbonyl (C=O) groups excluding carboxylic acids is 1. The standard InChI is InChI=1S/C19H15N3O2S2/c23-17(21-16-7-3-5-13-4-1-2-6-15(13)16)12-25-11-14-10-18(24)22-8-9-26-19(22)20-14/h1-10H,11-12H2,(H,21,23). The van der Waals surface area contributed by atoms with E-state index in [1.807, 2.05) is 47.8 Å². The van der Waals surface area contributed by atoms with E-state index >= 15 is 0 Å². The zero-order chi connectivity index (χ0) is 17.9. The Hall–Kier alpha value is -2.64. The number of aromatic nitrogens is 2. The maximum absolute atomic E-state index is 12.3. The lowest BCUT2D eigenvalue weighted by Gasteiger charge is -2.08. The van der Waals surface area contributed by atoms with E-state index < -0.39 is 0 Å². The lowest BCUT2D eigenvalue weighted by atomic mass is 10.1. The molecule has 2 heterocycles. The monoisotopic (exact) mass is 381 g/mol. The highest BCUT2D eigenvalue weighted by atomic mass is 32.2. The molecular weight excluding hydrogens is 366 g/mol. The predicted octanol–water partition coefficient (Wildman–Crippen LogP) is 3.78. The molecule has 0 unspecified atom stereocenters. The molecule has 0 aliphatic carbocycles. The fourth-order valence-electron chi connectivity index (χ4n) is 2.73. The van der Waals surface area contributed by atoms with Crippen LogP contribution in [0, 0.1) is 0 Å². The first kappa shape index (κ1) is 16.8. The molecule has 0 fully saturated rings. The number of nitrogens with zero attached hydrogens (tertiary/aromatic N) is 2. The first-order valence-corrected chi connectivity index (χ1v) is 10.1. The molecule has 0 spiro atoms. The van der Waals surface area contributed by atoms with Crippen LogP contribution in [-0.4, -0.2) is 21.0 Å². The molecule has 5 nitrogen and oxygen atoms in total. The summed E-state index contributed by atoms with van der Waals surface area (Å²) in [4.78, 5) is 29.4. The molecule has 0 aliphatic rings. The zero-order valence-electron chi connectivity index (χ0n) is 13.7. The van der Waals surface area contributed by atoms with E-state index in [4.69, 9.17) is 0 Å². The topological polar surface area (TPSA) is 63.5 Å². The van der Waals surface area contributed by atoms with Crippen LogP contribution in [0.15, 0.2) is 64.9 Å². The maximum Gasteiger partial charge on any atom is 0.258 e. The molecule has 0 atom stereocenters. The molecule has 1 N–H and O–H groups in total. The number of amides is 1. The number of thioether (sulfide) groups is 1. The number of carbonyl (C=O) groups is 1. The van der Waals surface area contributed by atoms with Gasteiger partial charge in [-0.05, 0) is 11.5 Å². The molecule has 0 saturated carbocycles. The third-order valence-electron chi connectivity index (χ3n) is 3.90. The Kier molecular flexibility index (Phi) is 4.73. The van der Waals surface area contributed by atoms with Crippen molar-refractivity contribution in [3.8, 4) is 0 Å². The second kappa shape index (κ2) is 7.31. The van der Waals surface area contributed by atoms with Crippen molar-refractivity contribution in [3.05, 3.63) is 76.2 Å². The molecule has 0 saturated heterocycles. The molecule has 2 aromatic heterocycles. The summed E-state index contributed by atoms with van der Waals surface area (Å²) in [7, 11) is 0. The largest absolute Gasteiger partial charge is 0.325 e. The average Bonchev–Trinajstić information content (AvgIpc) is 3.11. The normalized spacial score (nSPS) is 11.1. The number of benzene rings is 2. The van der Waals surface area contributed by atoms with Gasteiger partial charge in [0.05, 0.1) is 11.4 Å². The molecular formula is C19H15N3O2S2. The third kappa shape index (κ3) is 3.49. The predicted molar refractivity (Wildman–Crippen MR) is 108 cm³/mol. The van der Waals surface area contributed by atoms with Crippen molar-refractivity contribution in [3.63, 3.8) is 0 Å². The highest BCUT2D eigenvalue weighted by Crippen LogP contribution is 2.23. The number of nitrogens with one attached hydrogen (secondary N) is 1. The van der Waals surface area contributed by atoms with Crippen molar-refractivity contribution in [2.24, 2.45) is 0 Å². The van der Waals surface area contributed by atoms with Gasteiger partial charge < -0.3 is 5.32 Å². The van der Waals surface area contributed by atoms with E-state index in [-0.39, 0.29) is 11.5 Å². The van der Waals surface area contributed by atoms with Crippen molar-refractivity contribution < 1.29 is 4.79 Å². The SMILES string of the molecule is O=C(CSCc1cc(=O)n2ccsc2n1)Nc1cccc2ccccc12. The number of hydrogen-bond donors (Lipinski definition) is 1. The van der Waals surface area contributed by atoms with E-state index in [1.54, 1.807) is 6.20 Å². The molecule has 1 amide bonds. The number of anilines is 1. The minimum atomic E-state index is -0.0907. The Morgan fingerprint density at radius 1 is 1.19 bits per heavy atom. The van der Waals surface area contributed by atoms with Crippen LogP contribution in [0.4, 0.5) is 5.69 Å². The van der Waals surface area contributed by atoms with Crippen molar-refractivity contribution in [2.75, 3.05) is 11.1 Å². The zero-order valence-corrected chi connectivity index (χ0v) is 15.3. The van der Waals surface area contributed by atoms with Gasteiger partial charge in [-0.15, -0.1) is 23.1 Å². The van der Waals surface area contributed by atoms with Gasteiger partial charge in [-0.2, -0.15) is 0 Å². The van der Waals surface area contributed by atoms with Gasteiger partial charge in [-0.3, -0.25) is 14.0 Å². The summed E-state index contributed by atoms with van der Waals surface area (Å²) in [6.07, 6.45) is 1.71. The fraction of sp³-hybridized carbons (Fsp3) is 0.105. The summed E-state index contributed by atoms with van der Waals surface area (Å²) in [5.74, 6) is 0.752. The quantitative estimate of drug-likeness (QED) is 0.571. The summed E-state index contributed by atoms with van der Waals surface area (Å²) < 4.78 is 1.52. The maximum atomic E-state index is 12.3. The Labute approximate surface area is 157 Å². The molecule has 130 valence electrons. The van der Waals surface area contributed by atoms with E-state index in [2.05, 4.69) is 10.3 Å². The lowest BCUT2D eigenvalue weighted by Crippen LogP contribution is -2.15. The number of fused-ring (bicyclic) bond motifs is 2. The van der Waals surface area contributed by atoms with Gasteiger partial charge in [0.1, 0.15) is 0 Å². The summed E-state index contributed by atoms with van der Waals surface area (Å²) in [6.45, 7) is 0. The van der Waals surface area contributed by atoms with E-state index in [1.165, 1.54) is 33.6 Å². The lowest BCUT2D eigenvalue weighted by molar-refractivity contribution is -0.113. The van der Waals surface area contributed by atoms with Crippen LogP contribution in [-0.2, 0) is 10.5 Å². The average molecular weight is 381 g/mol. The van der Waals surface area contributed by atoms with Crippen LogP contribution in [0.1, 0.15) is 5.69 Å². The van der Waals surface area contributed by atoms with Crippen molar-refractivity contribution >= 4 is 50.4 Å². The fourth-order valence-corrected chi connectivity index (χ4v) is 4.19. The molecule has 2 aromatic carbocycles. The highest BCUT2D eigenvalue weighted by Gasteiger charge is 2.08. The van der Waals surface area contributed by atoms with Gasteiger partial charge in [0.2, 0.25) is 5.91 Å². The summed E-state index contributed by atoms with van der Waals surface area (Å²) in [6, 6.07) is 15.3. The highest BCUT2D eigenvalue weighted by molar-refractivity contribution is 7.99. The van der Waals surface area contributed by atoms with Gasteiger partial charge in [0.25, 0.3) is 5.56 Å². The van der Waals surface area contributed by atoms with Crippen molar-refractivity contribution in [2.45, 2.75) is 5.75 Å². The van der Waals surface area contributed by atoms with Crippen LogP contribution < -0.4 is 10.9 Å². The molecule has 7 heteroatoms. The molecule has 0 aliphatic heterocycles. The molecule has 4 aromatic rings. The van der Waals surface area contributed by atoms with Crippen molar-refractivity contribution in [1.29, 1.82) is 0 Å². The molecule has 26 heavy (non-hydrogen) atoms. The van der Waals surface area contributed by atoms with Crippen LogP contribution >= 0.6 is 23.1 Å². The molecule has 4 rings (SSSR count). The molecule has 0 radical (unpaired) electrons. The van der Waals surface area contributed by atoms with E-state index in [0.717, 1.165) is 16.5 Å². The van der Waals surface area contributed by atoms with Crippen LogP contribution in [0.3, 0.4) is 0 Å². The first-order chi connectivity index (χ1) is 12.7. The minimum absolute atomic E-state index is 0.0692. The summed E-state index contributed by atoms with van der Waals surface area (Å²) in [5.41, 5.74) is 1.41. The Morgan fingerprint density at radius 2 is 2.04 bits per heavy atom. The first-order valence-electron chi connectivity index (χ1n) is 8.02. The second-order valence-electron chi connectivity index (χ2n) is 5.71. The van der Waals surface area contributed by atoms with Gasteiger partial charge in [0.15, 0.2) is 4.96 Å². The van der Waals surface area contributed by atoms with Crippen LogP contribution in [0.5, 0.6) is 0 Å². The van der Waals surface area contributed by atoms with Crippen LogP contribution in [0.2, 0.25) is 0 Å². The van der Waals surface area contributed by atoms with Crippen molar-refractivity contribution in [1.82, 2.24) is 9.38 Å².